The van der Waals surface area contributed by atoms with Gasteiger partial charge in [0, 0.05) is 11.6 Å². The minimum absolute atomic E-state index is 0.103. The first-order valence-electron chi connectivity index (χ1n) is 6.02. The van der Waals surface area contributed by atoms with Crippen molar-refractivity contribution in [3.05, 3.63) is 41.0 Å². The van der Waals surface area contributed by atoms with Gasteiger partial charge in [0.1, 0.15) is 0 Å². The van der Waals surface area contributed by atoms with Gasteiger partial charge < -0.3 is 5.11 Å². The van der Waals surface area contributed by atoms with Crippen LogP contribution in [0.2, 0.25) is 0 Å². The Morgan fingerprint density at radius 2 is 2.14 bits per heavy atom. The number of anilines is 1. The van der Waals surface area contributed by atoms with E-state index in [-0.39, 0.29) is 5.95 Å². The molecular formula is C13H13N5O3. The van der Waals surface area contributed by atoms with Crippen molar-refractivity contribution in [3.63, 3.8) is 0 Å². The molecule has 108 valence electrons. The molecule has 1 amide bonds. The molecule has 0 spiro atoms. The summed E-state index contributed by atoms with van der Waals surface area (Å²) in [4.78, 5) is 23.8. The third-order valence-electron chi connectivity index (χ3n) is 2.68. The number of nitrogens with zero attached hydrogens (tertiary/aromatic N) is 4. The van der Waals surface area contributed by atoms with Crippen molar-refractivity contribution in [2.75, 3.05) is 5.32 Å². The van der Waals surface area contributed by atoms with Gasteiger partial charge in [-0.1, -0.05) is 11.2 Å². The van der Waals surface area contributed by atoms with Crippen molar-refractivity contribution in [2.24, 2.45) is 7.05 Å². The quantitative estimate of drug-likeness (QED) is 0.807. The lowest BCUT2D eigenvalue weighted by molar-refractivity contribution is -0.131. The van der Waals surface area contributed by atoms with E-state index in [2.05, 4.69) is 20.7 Å². The highest BCUT2D eigenvalue weighted by Crippen LogP contribution is 2.14. The van der Waals surface area contributed by atoms with E-state index in [0.717, 1.165) is 11.6 Å². The molecule has 0 saturated carbocycles. The Morgan fingerprint density at radius 3 is 2.76 bits per heavy atom. The van der Waals surface area contributed by atoms with Crippen LogP contribution in [0.3, 0.4) is 0 Å². The van der Waals surface area contributed by atoms with Crippen LogP contribution in [0.25, 0.3) is 6.08 Å². The average molecular weight is 287 g/mol. The molecule has 1 aromatic heterocycles. The highest BCUT2D eigenvalue weighted by Gasteiger charge is 2.10. The maximum Gasteiger partial charge on any atom is 0.328 e. The first-order chi connectivity index (χ1) is 9.95. The van der Waals surface area contributed by atoms with Crippen LogP contribution in [0.5, 0.6) is 0 Å². The van der Waals surface area contributed by atoms with Crippen molar-refractivity contribution < 1.29 is 14.7 Å². The molecule has 1 heterocycles. The van der Waals surface area contributed by atoms with E-state index in [9.17, 15) is 9.59 Å². The van der Waals surface area contributed by atoms with Crippen LogP contribution in [0.15, 0.2) is 24.3 Å². The number of amides is 1. The molecule has 2 N–H and O–H groups in total. The second kappa shape index (κ2) is 5.95. The summed E-state index contributed by atoms with van der Waals surface area (Å²) in [5.74, 6) is -1.34. The monoisotopic (exact) mass is 287 g/mol. The second-order valence-electron chi connectivity index (χ2n) is 4.30. The molecule has 2 rings (SSSR count). The Morgan fingerprint density at radius 1 is 1.38 bits per heavy atom. The molecule has 0 aliphatic heterocycles. The molecule has 21 heavy (non-hydrogen) atoms. The van der Waals surface area contributed by atoms with Gasteiger partial charge >= 0.3 is 5.97 Å². The van der Waals surface area contributed by atoms with Gasteiger partial charge in [0.15, 0.2) is 0 Å². The van der Waals surface area contributed by atoms with E-state index in [4.69, 9.17) is 5.11 Å². The molecule has 0 atom stereocenters. The van der Waals surface area contributed by atoms with Crippen molar-refractivity contribution in [1.29, 1.82) is 0 Å². The lowest BCUT2D eigenvalue weighted by Gasteiger charge is -2.05. The zero-order valence-electron chi connectivity index (χ0n) is 11.4. The highest BCUT2D eigenvalue weighted by atomic mass is 16.4. The molecule has 2 aromatic rings. The van der Waals surface area contributed by atoms with Crippen molar-refractivity contribution in [2.45, 2.75) is 6.92 Å². The largest absolute Gasteiger partial charge is 0.478 e. The molecule has 8 heteroatoms. The highest BCUT2D eigenvalue weighted by molar-refractivity contribution is 6.03. The minimum Gasteiger partial charge on any atom is -0.478 e. The predicted molar refractivity (Wildman–Crippen MR) is 74.6 cm³/mol. The SMILES string of the molecule is Cc1ccc(C(=O)Nc2nnn(C)n2)cc1/C=C/C(=O)O. The van der Waals surface area contributed by atoms with Crippen LogP contribution < -0.4 is 5.32 Å². The fraction of sp³-hybridized carbons (Fsp3) is 0.154. The summed E-state index contributed by atoms with van der Waals surface area (Å²) >= 11 is 0. The van der Waals surface area contributed by atoms with Crippen molar-refractivity contribution in [1.82, 2.24) is 20.2 Å². The summed E-state index contributed by atoms with van der Waals surface area (Å²) in [7, 11) is 1.59. The Labute approximate surface area is 120 Å². The number of tetrazole rings is 1. The Hall–Kier alpha value is -3.03. The summed E-state index contributed by atoms with van der Waals surface area (Å²) in [6.45, 7) is 1.83. The topological polar surface area (TPSA) is 110 Å². The minimum atomic E-state index is -1.05. The number of hydrogen-bond acceptors (Lipinski definition) is 5. The number of carboxylic acid groups (broad SMARTS) is 1. The predicted octanol–water partition coefficient (Wildman–Crippen LogP) is 0.869. The molecule has 0 bridgehead atoms. The van der Waals surface area contributed by atoms with Crippen LogP contribution in [-0.2, 0) is 11.8 Å². The fourth-order valence-corrected chi connectivity index (χ4v) is 1.63. The molecule has 1 aromatic carbocycles. The Kier molecular flexibility index (Phi) is 4.07. The van der Waals surface area contributed by atoms with E-state index in [0.29, 0.717) is 11.1 Å². The number of aryl methyl sites for hydroxylation is 2. The van der Waals surface area contributed by atoms with Gasteiger partial charge in [0.05, 0.1) is 7.05 Å². The van der Waals surface area contributed by atoms with Crippen LogP contribution in [0, 0.1) is 6.92 Å². The number of aromatic nitrogens is 4. The summed E-state index contributed by atoms with van der Waals surface area (Å²) in [6, 6.07) is 4.97. The van der Waals surface area contributed by atoms with Crippen LogP contribution in [0.4, 0.5) is 5.95 Å². The van der Waals surface area contributed by atoms with Gasteiger partial charge in [0.2, 0.25) is 0 Å². The van der Waals surface area contributed by atoms with Gasteiger partial charge in [0.25, 0.3) is 11.9 Å². The molecule has 0 aliphatic carbocycles. The van der Waals surface area contributed by atoms with E-state index < -0.39 is 11.9 Å². The van der Waals surface area contributed by atoms with Crippen LogP contribution in [-0.4, -0.2) is 37.2 Å². The van der Waals surface area contributed by atoms with E-state index in [1.54, 1.807) is 25.2 Å². The number of nitrogens with one attached hydrogen (secondary N) is 1. The standard InChI is InChI=1S/C13H13N5O3/c1-8-3-4-10(7-9(8)5-6-11(19)20)12(21)14-13-15-17-18(2)16-13/h3-7H,1-2H3,(H,19,20)(H,14,16,21)/b6-5+. The van der Waals surface area contributed by atoms with Crippen LogP contribution in [0.1, 0.15) is 21.5 Å². The number of carbonyl (C=O) groups is 2. The van der Waals surface area contributed by atoms with Gasteiger partial charge in [-0.15, -0.1) is 5.10 Å². The maximum atomic E-state index is 12.1. The van der Waals surface area contributed by atoms with Gasteiger partial charge in [-0.3, -0.25) is 10.1 Å². The average Bonchev–Trinajstić information content (AvgIpc) is 2.83. The lowest BCUT2D eigenvalue weighted by atomic mass is 10.0. The normalized spacial score (nSPS) is 10.8. The maximum absolute atomic E-state index is 12.1. The molecule has 8 nitrogen and oxygen atoms in total. The van der Waals surface area contributed by atoms with Crippen LogP contribution >= 0.6 is 0 Å². The summed E-state index contributed by atoms with van der Waals surface area (Å²) in [6.07, 6.45) is 2.46. The third-order valence-corrected chi connectivity index (χ3v) is 2.68. The molecule has 0 aliphatic rings. The summed E-state index contributed by atoms with van der Waals surface area (Å²) < 4.78 is 0. The van der Waals surface area contributed by atoms with Gasteiger partial charge in [-0.2, -0.15) is 4.80 Å². The van der Waals surface area contributed by atoms with Gasteiger partial charge in [-0.05, 0) is 41.5 Å². The number of carboxylic acids is 1. The zero-order valence-corrected chi connectivity index (χ0v) is 11.4. The number of rotatable bonds is 4. The second-order valence-corrected chi connectivity index (χ2v) is 4.30. The molecule has 0 saturated heterocycles. The summed E-state index contributed by atoms with van der Waals surface area (Å²) in [5.41, 5.74) is 1.89. The first kappa shape index (κ1) is 14.4. The third kappa shape index (κ3) is 3.72. The van der Waals surface area contributed by atoms with Crippen molar-refractivity contribution >= 4 is 23.9 Å². The number of hydrogen-bond donors (Lipinski definition) is 2. The zero-order chi connectivity index (χ0) is 15.4. The van der Waals surface area contributed by atoms with Crippen molar-refractivity contribution in [3.8, 4) is 0 Å². The molecule has 0 unspecified atom stereocenters. The van der Waals surface area contributed by atoms with E-state index in [1.807, 2.05) is 6.92 Å². The molecule has 0 fully saturated rings. The summed E-state index contributed by atoms with van der Waals surface area (Å²) in [5, 5.41) is 22.3. The lowest BCUT2D eigenvalue weighted by Crippen LogP contribution is -2.13. The van der Waals surface area contributed by atoms with E-state index >= 15 is 0 Å². The Bertz CT molecular complexity index is 720. The van der Waals surface area contributed by atoms with E-state index in [1.165, 1.54) is 10.9 Å². The first-order valence-corrected chi connectivity index (χ1v) is 6.02. The van der Waals surface area contributed by atoms with Gasteiger partial charge in [-0.25, -0.2) is 4.79 Å². The molecule has 0 radical (unpaired) electrons. The number of benzene rings is 1. The number of carbonyl (C=O) groups excluding carboxylic acids is 1. The smallest absolute Gasteiger partial charge is 0.328 e. The molecular weight excluding hydrogens is 274 g/mol. The fourth-order valence-electron chi connectivity index (χ4n) is 1.63. The Balaban J connectivity index is 2.21. The number of aliphatic carboxylic acids is 1.